The molecular formula is C12H16BrNO3S2. The van der Waals surface area contributed by atoms with E-state index in [0.29, 0.717) is 16.6 Å². The summed E-state index contributed by atoms with van der Waals surface area (Å²) in [7, 11) is -3.51. The van der Waals surface area contributed by atoms with Crippen LogP contribution in [-0.2, 0) is 16.6 Å². The topological polar surface area (TPSA) is 57.6 Å². The maximum Gasteiger partial charge on any atom is 0.244 e. The molecular weight excluding hydrogens is 350 g/mol. The Hall–Kier alpha value is -0.0800. The Labute approximate surface area is 126 Å². The molecule has 0 aromatic heterocycles. The molecule has 0 amide bonds. The molecule has 1 heterocycles. The van der Waals surface area contributed by atoms with Gasteiger partial charge in [0, 0.05) is 28.6 Å². The average molecular weight is 366 g/mol. The minimum absolute atomic E-state index is 0.00608. The first-order chi connectivity index (χ1) is 8.96. The molecule has 1 N–H and O–H groups in total. The quantitative estimate of drug-likeness (QED) is 0.890. The maximum atomic E-state index is 12.7. The van der Waals surface area contributed by atoms with Crippen molar-refractivity contribution >= 4 is 37.7 Å². The lowest BCUT2D eigenvalue weighted by Gasteiger charge is -2.32. The van der Waals surface area contributed by atoms with Gasteiger partial charge in [-0.25, -0.2) is 8.42 Å². The largest absolute Gasteiger partial charge is 0.392 e. The number of aliphatic hydroxyl groups is 1. The number of halogens is 1. The van der Waals surface area contributed by atoms with Crippen LogP contribution in [0.1, 0.15) is 12.5 Å². The van der Waals surface area contributed by atoms with E-state index in [1.807, 2.05) is 6.92 Å². The van der Waals surface area contributed by atoms with Gasteiger partial charge in [0.2, 0.25) is 10.0 Å². The predicted octanol–water partition coefficient (Wildman–Crippen LogP) is 2.07. The van der Waals surface area contributed by atoms with Crippen LogP contribution in [-0.4, -0.2) is 41.9 Å². The van der Waals surface area contributed by atoms with Crippen LogP contribution in [0.4, 0.5) is 0 Å². The van der Waals surface area contributed by atoms with Gasteiger partial charge in [0.05, 0.1) is 11.5 Å². The van der Waals surface area contributed by atoms with Crippen molar-refractivity contribution < 1.29 is 13.5 Å². The lowest BCUT2D eigenvalue weighted by molar-refractivity contribution is 0.281. The fourth-order valence-corrected chi connectivity index (χ4v) is 5.87. The van der Waals surface area contributed by atoms with Gasteiger partial charge in [-0.2, -0.15) is 16.1 Å². The molecule has 2 rings (SSSR count). The minimum Gasteiger partial charge on any atom is -0.392 e. The second-order valence-corrected chi connectivity index (χ2v) is 8.33. The molecule has 0 spiro atoms. The van der Waals surface area contributed by atoms with Crippen LogP contribution in [0.25, 0.3) is 0 Å². The first-order valence-corrected chi connectivity index (χ1v) is 9.34. The Morgan fingerprint density at radius 3 is 2.89 bits per heavy atom. The summed E-state index contributed by atoms with van der Waals surface area (Å²) < 4.78 is 27.5. The highest BCUT2D eigenvalue weighted by Gasteiger charge is 2.32. The van der Waals surface area contributed by atoms with Crippen LogP contribution < -0.4 is 0 Å². The van der Waals surface area contributed by atoms with E-state index < -0.39 is 10.0 Å². The molecule has 4 nitrogen and oxygen atoms in total. The zero-order valence-corrected chi connectivity index (χ0v) is 13.8. The summed E-state index contributed by atoms with van der Waals surface area (Å²) in [5.41, 5.74) is 0.598. The standard InChI is InChI=1S/C12H16BrNO3S2/c1-9-8-18-5-4-14(9)19(16,17)12-6-10(7-15)2-3-11(12)13/h2-3,6,9,15H,4-5,7-8H2,1H3. The third-order valence-corrected chi connectivity index (χ3v) is 7.27. The minimum atomic E-state index is -3.51. The van der Waals surface area contributed by atoms with E-state index in [2.05, 4.69) is 15.9 Å². The van der Waals surface area contributed by atoms with E-state index in [9.17, 15) is 8.42 Å². The van der Waals surface area contributed by atoms with E-state index in [0.717, 1.165) is 11.5 Å². The monoisotopic (exact) mass is 365 g/mol. The summed E-state index contributed by atoms with van der Waals surface area (Å²) in [5, 5.41) is 9.15. The summed E-state index contributed by atoms with van der Waals surface area (Å²) in [6.45, 7) is 2.29. The van der Waals surface area contributed by atoms with Crippen molar-refractivity contribution in [1.82, 2.24) is 4.31 Å². The maximum absolute atomic E-state index is 12.7. The highest BCUT2D eigenvalue weighted by Crippen LogP contribution is 2.30. The molecule has 1 aliphatic rings. The zero-order valence-electron chi connectivity index (χ0n) is 10.5. The van der Waals surface area contributed by atoms with Gasteiger partial charge in [0.25, 0.3) is 0 Å². The molecule has 1 aromatic rings. The van der Waals surface area contributed by atoms with Crippen molar-refractivity contribution in [2.45, 2.75) is 24.5 Å². The van der Waals surface area contributed by atoms with Crippen molar-refractivity contribution in [2.75, 3.05) is 18.1 Å². The average Bonchev–Trinajstić information content (AvgIpc) is 2.39. The van der Waals surface area contributed by atoms with Crippen molar-refractivity contribution in [3.8, 4) is 0 Å². The van der Waals surface area contributed by atoms with E-state index in [1.54, 1.807) is 28.2 Å². The Balaban J connectivity index is 2.43. The van der Waals surface area contributed by atoms with E-state index in [-0.39, 0.29) is 17.5 Å². The number of benzene rings is 1. The fraction of sp³-hybridized carbons (Fsp3) is 0.500. The molecule has 1 unspecified atom stereocenters. The third kappa shape index (κ3) is 3.16. The van der Waals surface area contributed by atoms with Crippen LogP contribution in [0.3, 0.4) is 0 Å². The Morgan fingerprint density at radius 1 is 1.53 bits per heavy atom. The summed E-state index contributed by atoms with van der Waals surface area (Å²) in [6.07, 6.45) is 0. The van der Waals surface area contributed by atoms with E-state index >= 15 is 0 Å². The van der Waals surface area contributed by atoms with Gasteiger partial charge >= 0.3 is 0 Å². The van der Waals surface area contributed by atoms with E-state index in [1.165, 1.54) is 6.07 Å². The van der Waals surface area contributed by atoms with Crippen LogP contribution >= 0.6 is 27.7 Å². The second kappa shape index (κ2) is 6.13. The Morgan fingerprint density at radius 2 is 2.26 bits per heavy atom. The number of rotatable bonds is 3. The summed E-state index contributed by atoms with van der Waals surface area (Å²) >= 11 is 5.06. The second-order valence-electron chi connectivity index (χ2n) is 4.46. The molecule has 1 aromatic carbocycles. The SMILES string of the molecule is CC1CSCCN1S(=O)(=O)c1cc(CO)ccc1Br. The first-order valence-electron chi connectivity index (χ1n) is 5.95. The highest BCUT2D eigenvalue weighted by atomic mass is 79.9. The van der Waals surface area contributed by atoms with Gasteiger partial charge in [0.1, 0.15) is 0 Å². The third-order valence-electron chi connectivity index (χ3n) is 3.07. The fourth-order valence-electron chi connectivity index (χ4n) is 2.04. The van der Waals surface area contributed by atoms with Gasteiger partial charge < -0.3 is 5.11 Å². The van der Waals surface area contributed by atoms with Gasteiger partial charge in [-0.15, -0.1) is 0 Å². The predicted molar refractivity (Wildman–Crippen MR) is 80.7 cm³/mol. The number of hydrogen-bond donors (Lipinski definition) is 1. The van der Waals surface area contributed by atoms with Crippen LogP contribution in [0, 0.1) is 0 Å². The number of hydrogen-bond acceptors (Lipinski definition) is 4. The molecule has 1 saturated heterocycles. The Kier molecular flexibility index (Phi) is 4.94. The summed E-state index contributed by atoms with van der Waals surface area (Å²) in [6, 6.07) is 4.90. The molecule has 1 aliphatic heterocycles. The smallest absolute Gasteiger partial charge is 0.244 e. The molecule has 1 atom stereocenters. The summed E-state index contributed by atoms with van der Waals surface area (Å²) in [4.78, 5) is 0.234. The number of sulfonamides is 1. The molecule has 7 heteroatoms. The van der Waals surface area contributed by atoms with E-state index in [4.69, 9.17) is 5.11 Å². The van der Waals surface area contributed by atoms with Gasteiger partial charge in [0.15, 0.2) is 0 Å². The number of thioether (sulfide) groups is 1. The van der Waals surface area contributed by atoms with Crippen LogP contribution in [0.15, 0.2) is 27.6 Å². The molecule has 1 fully saturated rings. The van der Waals surface area contributed by atoms with Gasteiger partial charge in [-0.1, -0.05) is 6.07 Å². The summed E-state index contributed by atoms with van der Waals surface area (Å²) in [5.74, 6) is 1.64. The molecule has 0 aliphatic carbocycles. The van der Waals surface area contributed by atoms with Crippen molar-refractivity contribution in [3.63, 3.8) is 0 Å². The van der Waals surface area contributed by atoms with Crippen molar-refractivity contribution in [1.29, 1.82) is 0 Å². The molecule has 106 valence electrons. The normalized spacial score (nSPS) is 21.5. The molecule has 0 saturated carbocycles. The van der Waals surface area contributed by atoms with Crippen LogP contribution in [0.5, 0.6) is 0 Å². The van der Waals surface area contributed by atoms with Crippen molar-refractivity contribution in [2.24, 2.45) is 0 Å². The van der Waals surface area contributed by atoms with Gasteiger partial charge in [-0.05, 0) is 40.5 Å². The van der Waals surface area contributed by atoms with Crippen molar-refractivity contribution in [3.05, 3.63) is 28.2 Å². The Bertz CT molecular complexity index is 562. The van der Waals surface area contributed by atoms with Crippen LogP contribution in [0.2, 0.25) is 0 Å². The molecule has 0 bridgehead atoms. The molecule has 0 radical (unpaired) electrons. The zero-order chi connectivity index (χ0) is 14.0. The lowest BCUT2D eigenvalue weighted by atomic mass is 10.2. The lowest BCUT2D eigenvalue weighted by Crippen LogP contribution is -2.44. The number of aliphatic hydroxyl groups excluding tert-OH is 1. The number of nitrogens with zero attached hydrogens (tertiary/aromatic N) is 1. The molecule has 19 heavy (non-hydrogen) atoms. The van der Waals surface area contributed by atoms with Gasteiger partial charge in [-0.3, -0.25) is 0 Å². The highest BCUT2D eigenvalue weighted by molar-refractivity contribution is 9.10. The first kappa shape index (κ1) is 15.3.